The molecule has 0 radical (unpaired) electrons. The number of aromatic amines is 1. The first-order chi connectivity index (χ1) is 15.1. The van der Waals surface area contributed by atoms with Crippen molar-refractivity contribution in [1.29, 1.82) is 0 Å². The number of ether oxygens (including phenoxy) is 1. The zero-order valence-corrected chi connectivity index (χ0v) is 19.3. The topological polar surface area (TPSA) is 130 Å². The number of nitrogens with one attached hydrogen (secondary N) is 1. The second-order valence-corrected chi connectivity index (χ2v) is 9.93. The van der Waals surface area contributed by atoms with Gasteiger partial charge in [0.2, 0.25) is 10.0 Å². The number of fused-ring (bicyclic) bond motifs is 1. The number of sulfonamides is 1. The van der Waals surface area contributed by atoms with Crippen LogP contribution in [0.2, 0.25) is 0 Å². The van der Waals surface area contributed by atoms with Crippen LogP contribution in [0.25, 0.3) is 16.9 Å². The number of aliphatic hydroxyl groups is 1. The highest BCUT2D eigenvalue weighted by molar-refractivity contribution is 7.89. The van der Waals surface area contributed by atoms with Crippen LogP contribution in [0.15, 0.2) is 27.9 Å². The summed E-state index contributed by atoms with van der Waals surface area (Å²) in [5.74, 6) is 1.14. The molecule has 10 nitrogen and oxygen atoms in total. The summed E-state index contributed by atoms with van der Waals surface area (Å²) in [5.41, 5.74) is 0.893. The maximum atomic E-state index is 13.4. The summed E-state index contributed by atoms with van der Waals surface area (Å²) in [6.45, 7) is 7.67. The van der Waals surface area contributed by atoms with Gasteiger partial charge in [0.05, 0.1) is 28.9 Å². The van der Waals surface area contributed by atoms with E-state index in [0.717, 1.165) is 0 Å². The Bertz CT molecular complexity index is 1330. The van der Waals surface area contributed by atoms with Crippen LogP contribution in [-0.2, 0) is 10.0 Å². The molecule has 1 saturated heterocycles. The van der Waals surface area contributed by atoms with Crippen molar-refractivity contribution >= 4 is 15.5 Å². The van der Waals surface area contributed by atoms with Gasteiger partial charge in [0.1, 0.15) is 11.6 Å². The van der Waals surface area contributed by atoms with Gasteiger partial charge in [-0.1, -0.05) is 0 Å². The van der Waals surface area contributed by atoms with E-state index in [0.29, 0.717) is 47.8 Å². The summed E-state index contributed by atoms with van der Waals surface area (Å²) < 4.78 is 35.3. The molecule has 172 valence electrons. The Labute approximate surface area is 185 Å². The monoisotopic (exact) mass is 461 g/mol. The fourth-order valence-corrected chi connectivity index (χ4v) is 5.89. The lowest BCUT2D eigenvalue weighted by atomic mass is 10.0. The van der Waals surface area contributed by atoms with E-state index in [-0.39, 0.29) is 28.9 Å². The van der Waals surface area contributed by atoms with Crippen LogP contribution in [0.1, 0.15) is 38.2 Å². The molecule has 3 heterocycles. The molecule has 11 heteroatoms. The van der Waals surface area contributed by atoms with Gasteiger partial charge in [0.15, 0.2) is 11.3 Å². The number of aliphatic hydroxyl groups excluding tert-OH is 1. The molecule has 2 N–H and O–H groups in total. The fourth-order valence-electron chi connectivity index (χ4n) is 4.21. The third kappa shape index (κ3) is 3.80. The summed E-state index contributed by atoms with van der Waals surface area (Å²) in [4.78, 5) is 19.8. The van der Waals surface area contributed by atoms with Gasteiger partial charge < -0.3 is 14.8 Å². The Balaban J connectivity index is 1.86. The number of H-pyrrole nitrogens is 1. The summed E-state index contributed by atoms with van der Waals surface area (Å²) in [6.07, 6.45) is 0.266. The minimum atomic E-state index is -3.83. The minimum absolute atomic E-state index is 0.0699. The fraction of sp³-hybridized carbons (Fsp3) is 0.476. The molecule has 0 saturated carbocycles. The molecule has 3 aromatic rings. The number of hydrogen-bond donors (Lipinski definition) is 2. The Morgan fingerprint density at radius 1 is 1.31 bits per heavy atom. The summed E-state index contributed by atoms with van der Waals surface area (Å²) in [5, 5.41) is 14.4. The quantitative estimate of drug-likeness (QED) is 0.591. The Hall–Kier alpha value is -2.76. The van der Waals surface area contributed by atoms with Crippen LogP contribution in [-0.4, -0.2) is 62.7 Å². The van der Waals surface area contributed by atoms with Gasteiger partial charge in [-0.15, -0.1) is 5.10 Å². The number of aryl methyl sites for hydroxylation is 2. The first kappa shape index (κ1) is 22.4. The predicted octanol–water partition coefficient (Wildman–Crippen LogP) is 1.63. The zero-order chi connectivity index (χ0) is 23.2. The number of hydrogen-bond acceptors (Lipinski definition) is 7. The molecule has 0 spiro atoms. The van der Waals surface area contributed by atoms with Gasteiger partial charge in [-0.05, 0) is 58.7 Å². The maximum absolute atomic E-state index is 13.4. The highest BCUT2D eigenvalue weighted by atomic mass is 32.2. The van der Waals surface area contributed by atoms with E-state index >= 15 is 0 Å². The molecule has 1 fully saturated rings. The van der Waals surface area contributed by atoms with Crippen LogP contribution in [0, 0.1) is 13.8 Å². The Morgan fingerprint density at radius 2 is 2.06 bits per heavy atom. The molecule has 32 heavy (non-hydrogen) atoms. The standard InChI is InChI=1S/C21H27N5O5S/c1-5-31-18-7-6-16(32(29,30)25-9-8-15(27)10-12(25)2)11-17(18)20-23-21(28)19-13(3)22-14(4)26(19)24-20/h6-7,11-12,15,27H,5,8-10H2,1-4H3,(H,23,24,28). The molecule has 2 unspecified atom stereocenters. The lowest BCUT2D eigenvalue weighted by molar-refractivity contribution is 0.0867. The first-order valence-electron chi connectivity index (χ1n) is 10.6. The number of rotatable bonds is 5. The summed E-state index contributed by atoms with van der Waals surface area (Å²) in [7, 11) is -3.83. The SMILES string of the molecule is CCOc1ccc(S(=O)(=O)N2CCC(O)CC2C)cc1-c1nn2c(C)nc(C)c2c(=O)[nH]1. The van der Waals surface area contributed by atoms with E-state index in [9.17, 15) is 18.3 Å². The lowest BCUT2D eigenvalue weighted by Crippen LogP contribution is -2.45. The van der Waals surface area contributed by atoms with E-state index in [1.54, 1.807) is 26.8 Å². The third-order valence-electron chi connectivity index (χ3n) is 5.74. The van der Waals surface area contributed by atoms with E-state index in [1.165, 1.54) is 21.0 Å². The number of nitrogens with zero attached hydrogens (tertiary/aromatic N) is 4. The summed E-state index contributed by atoms with van der Waals surface area (Å²) >= 11 is 0. The van der Waals surface area contributed by atoms with Crippen molar-refractivity contribution in [2.75, 3.05) is 13.2 Å². The first-order valence-corrected chi connectivity index (χ1v) is 12.0. The Morgan fingerprint density at radius 3 is 2.75 bits per heavy atom. The molecule has 2 atom stereocenters. The van der Waals surface area contributed by atoms with Crippen molar-refractivity contribution in [1.82, 2.24) is 23.9 Å². The average molecular weight is 462 g/mol. The molecular weight excluding hydrogens is 434 g/mol. The minimum Gasteiger partial charge on any atom is -0.493 e. The number of imidazole rings is 1. The predicted molar refractivity (Wildman–Crippen MR) is 118 cm³/mol. The molecule has 0 amide bonds. The molecular formula is C21H27N5O5S. The maximum Gasteiger partial charge on any atom is 0.277 e. The van der Waals surface area contributed by atoms with E-state index in [4.69, 9.17) is 4.74 Å². The number of benzene rings is 1. The van der Waals surface area contributed by atoms with Crippen LogP contribution < -0.4 is 10.3 Å². The molecule has 1 aromatic carbocycles. The van der Waals surface area contributed by atoms with Gasteiger partial charge in [0.25, 0.3) is 5.56 Å². The highest BCUT2D eigenvalue weighted by Gasteiger charge is 2.34. The smallest absolute Gasteiger partial charge is 0.277 e. The molecule has 4 rings (SSSR count). The molecule has 1 aliphatic rings. The van der Waals surface area contributed by atoms with Crippen molar-refractivity contribution in [3.05, 3.63) is 40.1 Å². The Kier molecular flexibility index (Phi) is 5.82. The molecule has 2 aromatic heterocycles. The van der Waals surface area contributed by atoms with Gasteiger partial charge >= 0.3 is 0 Å². The summed E-state index contributed by atoms with van der Waals surface area (Å²) in [6, 6.07) is 4.21. The molecule has 1 aliphatic heterocycles. The van der Waals surface area contributed by atoms with Crippen molar-refractivity contribution in [3.8, 4) is 17.1 Å². The lowest BCUT2D eigenvalue weighted by Gasteiger charge is -2.34. The molecule has 0 aliphatic carbocycles. The van der Waals surface area contributed by atoms with Gasteiger partial charge in [-0.3, -0.25) is 4.79 Å². The van der Waals surface area contributed by atoms with E-state index < -0.39 is 16.1 Å². The highest BCUT2D eigenvalue weighted by Crippen LogP contribution is 2.33. The van der Waals surface area contributed by atoms with Crippen molar-refractivity contribution in [3.63, 3.8) is 0 Å². The largest absolute Gasteiger partial charge is 0.493 e. The van der Waals surface area contributed by atoms with Crippen molar-refractivity contribution in [2.24, 2.45) is 0 Å². The number of aromatic nitrogens is 4. The van der Waals surface area contributed by atoms with Gasteiger partial charge in [-0.25, -0.2) is 17.9 Å². The molecule has 0 bridgehead atoms. The van der Waals surface area contributed by atoms with Gasteiger partial charge in [-0.2, -0.15) is 4.31 Å². The van der Waals surface area contributed by atoms with Crippen LogP contribution >= 0.6 is 0 Å². The van der Waals surface area contributed by atoms with E-state index in [1.807, 2.05) is 6.92 Å². The average Bonchev–Trinajstić information content (AvgIpc) is 3.02. The van der Waals surface area contributed by atoms with Crippen LogP contribution in [0.5, 0.6) is 5.75 Å². The van der Waals surface area contributed by atoms with E-state index in [2.05, 4.69) is 15.1 Å². The normalized spacial score (nSPS) is 20.0. The second-order valence-electron chi connectivity index (χ2n) is 8.04. The van der Waals surface area contributed by atoms with Crippen LogP contribution in [0.3, 0.4) is 0 Å². The van der Waals surface area contributed by atoms with Crippen LogP contribution in [0.4, 0.5) is 0 Å². The second kappa shape index (κ2) is 8.30. The number of piperidine rings is 1. The zero-order valence-electron chi connectivity index (χ0n) is 18.5. The third-order valence-corrected chi connectivity index (χ3v) is 7.75. The van der Waals surface area contributed by atoms with Crippen molar-refractivity contribution in [2.45, 2.75) is 57.6 Å². The van der Waals surface area contributed by atoms with Gasteiger partial charge in [0, 0.05) is 12.6 Å². The van der Waals surface area contributed by atoms with Crippen molar-refractivity contribution < 1.29 is 18.3 Å².